The van der Waals surface area contributed by atoms with Crippen LogP contribution in [0, 0.1) is 5.82 Å². The third kappa shape index (κ3) is 1.94. The van der Waals surface area contributed by atoms with Crippen molar-refractivity contribution in [3.05, 3.63) is 24.0 Å². The molecule has 1 rings (SSSR count). The van der Waals surface area contributed by atoms with E-state index in [1.165, 1.54) is 0 Å². The zero-order valence-corrected chi connectivity index (χ0v) is 6.18. The van der Waals surface area contributed by atoms with Crippen molar-refractivity contribution in [3.8, 4) is 0 Å². The van der Waals surface area contributed by atoms with E-state index in [1.54, 1.807) is 0 Å². The van der Waals surface area contributed by atoms with Crippen LogP contribution in [-0.2, 0) is 0 Å². The first-order valence-electron chi connectivity index (χ1n) is 2.80. The second-order valence-electron chi connectivity index (χ2n) is 1.78. The van der Waals surface area contributed by atoms with Crippen LogP contribution >= 0.6 is 11.6 Å². The van der Waals surface area contributed by atoms with Gasteiger partial charge < -0.3 is 0 Å². The lowest BCUT2D eigenvalue weighted by Gasteiger charge is -1.92. The smallest absolute Gasteiger partial charge is 0.214 e. The molecule has 0 amide bonds. The van der Waals surface area contributed by atoms with Gasteiger partial charge in [0.1, 0.15) is 0 Å². The van der Waals surface area contributed by atoms with E-state index in [1.807, 2.05) is 0 Å². The molecular formula is C6H4ClFN2O. The molecule has 0 saturated heterocycles. The summed E-state index contributed by atoms with van der Waals surface area (Å²) >= 11 is 5.20. The fraction of sp³-hybridized carbons (Fsp3) is 0.167. The number of Topliss-reactive ketones (excluding diaryl/α,β-unsaturated/α-hetero) is 1. The first-order valence-corrected chi connectivity index (χ1v) is 3.34. The average Bonchev–Trinajstić information content (AvgIpc) is 2.05. The number of aromatic nitrogens is 2. The van der Waals surface area contributed by atoms with Gasteiger partial charge in [-0.15, -0.1) is 11.6 Å². The predicted molar refractivity (Wildman–Crippen MR) is 37.0 cm³/mol. The van der Waals surface area contributed by atoms with E-state index in [0.29, 0.717) is 0 Å². The normalized spacial score (nSPS) is 9.64. The number of hydrogen-bond acceptors (Lipinski definition) is 3. The Kier molecular flexibility index (Phi) is 2.48. The van der Waals surface area contributed by atoms with Crippen molar-refractivity contribution in [3.63, 3.8) is 0 Å². The van der Waals surface area contributed by atoms with Gasteiger partial charge in [0.2, 0.25) is 5.78 Å². The van der Waals surface area contributed by atoms with Crippen LogP contribution in [0.2, 0.25) is 0 Å². The third-order valence-corrected chi connectivity index (χ3v) is 1.23. The van der Waals surface area contributed by atoms with Crippen LogP contribution < -0.4 is 0 Å². The molecule has 5 heteroatoms. The Hall–Kier alpha value is -1.03. The molecule has 0 saturated carbocycles. The summed E-state index contributed by atoms with van der Waals surface area (Å²) in [5.74, 6) is -1.23. The predicted octanol–water partition coefficient (Wildman–Crippen LogP) is 1.04. The molecular weight excluding hydrogens is 171 g/mol. The Morgan fingerprint density at radius 3 is 2.55 bits per heavy atom. The molecule has 0 spiro atoms. The molecule has 0 N–H and O–H groups in total. The molecule has 0 unspecified atom stereocenters. The summed E-state index contributed by atoms with van der Waals surface area (Å²) < 4.78 is 12.2. The summed E-state index contributed by atoms with van der Waals surface area (Å²) in [6.45, 7) is 0. The Balaban J connectivity index is 2.90. The fourth-order valence-corrected chi connectivity index (χ4v) is 0.636. The Bertz CT molecular complexity index is 262. The lowest BCUT2D eigenvalue weighted by Crippen LogP contribution is -2.06. The van der Waals surface area contributed by atoms with Crippen molar-refractivity contribution < 1.29 is 9.18 Å². The maximum atomic E-state index is 12.2. The van der Waals surface area contributed by atoms with Crippen molar-refractivity contribution in [2.45, 2.75) is 0 Å². The minimum Gasteiger partial charge on any atom is -0.289 e. The standard InChI is InChI=1S/C6H4ClFN2O/c7-1-5(11)6-9-2-4(8)3-10-6/h2-3H,1H2. The summed E-state index contributed by atoms with van der Waals surface area (Å²) in [5, 5.41) is 0. The van der Waals surface area contributed by atoms with Crippen LogP contribution in [0.3, 0.4) is 0 Å². The van der Waals surface area contributed by atoms with Gasteiger partial charge in [-0.05, 0) is 0 Å². The second kappa shape index (κ2) is 3.39. The van der Waals surface area contributed by atoms with Crippen molar-refractivity contribution in [1.29, 1.82) is 0 Å². The topological polar surface area (TPSA) is 42.9 Å². The molecule has 0 aliphatic rings. The molecule has 0 bridgehead atoms. The number of halogens is 2. The second-order valence-corrected chi connectivity index (χ2v) is 2.05. The summed E-state index contributed by atoms with van der Waals surface area (Å²) in [6.07, 6.45) is 1.85. The molecule has 3 nitrogen and oxygen atoms in total. The monoisotopic (exact) mass is 174 g/mol. The number of hydrogen-bond donors (Lipinski definition) is 0. The lowest BCUT2D eigenvalue weighted by molar-refractivity contribution is 0.101. The van der Waals surface area contributed by atoms with Crippen molar-refractivity contribution in [2.75, 3.05) is 5.88 Å². The van der Waals surface area contributed by atoms with Crippen LogP contribution in [0.25, 0.3) is 0 Å². The largest absolute Gasteiger partial charge is 0.289 e. The number of carbonyl (C=O) groups excluding carboxylic acids is 1. The van der Waals surface area contributed by atoms with Gasteiger partial charge in [-0.25, -0.2) is 14.4 Å². The Morgan fingerprint density at radius 1 is 1.55 bits per heavy atom. The Labute approximate surface area is 67.2 Å². The first-order chi connectivity index (χ1) is 5.24. The van der Waals surface area contributed by atoms with Crippen molar-refractivity contribution >= 4 is 17.4 Å². The molecule has 0 atom stereocenters. The van der Waals surface area contributed by atoms with E-state index in [0.717, 1.165) is 12.4 Å². The van der Waals surface area contributed by atoms with Gasteiger partial charge in [-0.2, -0.15) is 0 Å². The van der Waals surface area contributed by atoms with Gasteiger partial charge in [-0.1, -0.05) is 0 Å². The molecule has 0 aliphatic carbocycles. The van der Waals surface area contributed by atoms with E-state index in [4.69, 9.17) is 11.6 Å². The Morgan fingerprint density at radius 2 is 2.09 bits per heavy atom. The first kappa shape index (κ1) is 8.07. The van der Waals surface area contributed by atoms with E-state index < -0.39 is 11.6 Å². The minimum absolute atomic E-state index is 0.0543. The van der Waals surface area contributed by atoms with Gasteiger partial charge in [-0.3, -0.25) is 4.79 Å². The van der Waals surface area contributed by atoms with Crippen LogP contribution in [0.4, 0.5) is 4.39 Å². The molecule has 1 aromatic heterocycles. The van der Waals surface area contributed by atoms with Gasteiger partial charge in [0.05, 0.1) is 18.3 Å². The SMILES string of the molecule is O=C(CCl)c1ncc(F)cn1. The van der Waals surface area contributed by atoms with Crippen molar-refractivity contribution in [1.82, 2.24) is 9.97 Å². The fourth-order valence-electron chi connectivity index (χ4n) is 0.516. The van der Waals surface area contributed by atoms with E-state index in [2.05, 4.69) is 9.97 Å². The van der Waals surface area contributed by atoms with Gasteiger partial charge in [0.25, 0.3) is 0 Å². The van der Waals surface area contributed by atoms with Crippen LogP contribution in [0.5, 0.6) is 0 Å². The van der Waals surface area contributed by atoms with Gasteiger partial charge in [0.15, 0.2) is 11.6 Å². The highest BCUT2D eigenvalue weighted by Gasteiger charge is 2.06. The quantitative estimate of drug-likeness (QED) is 0.497. The molecule has 1 aromatic rings. The van der Waals surface area contributed by atoms with Gasteiger partial charge >= 0.3 is 0 Å². The van der Waals surface area contributed by atoms with Crippen molar-refractivity contribution in [2.24, 2.45) is 0 Å². The lowest BCUT2D eigenvalue weighted by atomic mass is 10.4. The average molecular weight is 175 g/mol. The molecule has 58 valence electrons. The summed E-state index contributed by atoms with van der Waals surface area (Å²) in [7, 11) is 0. The highest BCUT2D eigenvalue weighted by molar-refractivity contribution is 6.29. The number of carbonyl (C=O) groups is 1. The zero-order valence-electron chi connectivity index (χ0n) is 5.42. The number of nitrogens with zero attached hydrogens (tertiary/aromatic N) is 2. The molecule has 0 radical (unpaired) electrons. The minimum atomic E-state index is -0.573. The molecule has 0 aromatic carbocycles. The highest BCUT2D eigenvalue weighted by atomic mass is 35.5. The van der Waals surface area contributed by atoms with E-state index in [-0.39, 0.29) is 11.7 Å². The van der Waals surface area contributed by atoms with Crippen LogP contribution in [0.15, 0.2) is 12.4 Å². The van der Waals surface area contributed by atoms with E-state index in [9.17, 15) is 9.18 Å². The van der Waals surface area contributed by atoms with Gasteiger partial charge in [0, 0.05) is 0 Å². The van der Waals surface area contributed by atoms with Crippen LogP contribution in [-0.4, -0.2) is 21.6 Å². The van der Waals surface area contributed by atoms with Crippen LogP contribution in [0.1, 0.15) is 10.6 Å². The summed E-state index contributed by atoms with van der Waals surface area (Å²) in [5.41, 5.74) is 0. The molecule has 0 fully saturated rings. The maximum Gasteiger partial charge on any atom is 0.214 e. The maximum absolute atomic E-state index is 12.2. The summed E-state index contributed by atoms with van der Waals surface area (Å²) in [4.78, 5) is 17.6. The number of rotatable bonds is 2. The van der Waals surface area contributed by atoms with E-state index >= 15 is 0 Å². The molecule has 0 aliphatic heterocycles. The summed E-state index contributed by atoms with van der Waals surface area (Å²) in [6, 6.07) is 0. The third-order valence-electron chi connectivity index (χ3n) is 0.991. The number of ketones is 1. The number of alkyl halides is 1. The molecule has 11 heavy (non-hydrogen) atoms. The molecule has 1 heterocycles. The zero-order chi connectivity index (χ0) is 8.27. The highest BCUT2D eigenvalue weighted by Crippen LogP contribution is 1.95.